The van der Waals surface area contributed by atoms with Crippen molar-refractivity contribution in [3.8, 4) is 0 Å². The molecule has 0 saturated carbocycles. The van der Waals surface area contributed by atoms with E-state index in [-0.39, 0.29) is 34.9 Å². The van der Waals surface area contributed by atoms with Gasteiger partial charge in [-0.2, -0.15) is 0 Å². The minimum Gasteiger partial charge on any atom is -0.338 e. The standard InChI is InChI=1S/C23H26N2O4S/c1-17-9-11-19(12-10-17)25-15-18(14-22(25)26)23(27)24-13-5-6-20(24)16-30(28,29)21-7-3-2-4-8-21/h2-4,7-12,18,20H,5-6,13-16H2,1H3. The van der Waals surface area contributed by atoms with Crippen LogP contribution in [-0.4, -0.2) is 50.0 Å². The van der Waals surface area contributed by atoms with Gasteiger partial charge in [0.2, 0.25) is 11.8 Å². The molecule has 2 aromatic carbocycles. The first-order valence-corrected chi connectivity index (χ1v) is 12.0. The highest BCUT2D eigenvalue weighted by molar-refractivity contribution is 7.91. The van der Waals surface area contributed by atoms with Gasteiger partial charge in [-0.05, 0) is 44.0 Å². The van der Waals surface area contributed by atoms with Crippen molar-refractivity contribution in [3.63, 3.8) is 0 Å². The zero-order chi connectivity index (χ0) is 21.3. The molecule has 0 aliphatic carbocycles. The van der Waals surface area contributed by atoms with Gasteiger partial charge in [0.15, 0.2) is 9.84 Å². The van der Waals surface area contributed by atoms with Gasteiger partial charge in [0.05, 0.1) is 16.6 Å². The zero-order valence-electron chi connectivity index (χ0n) is 17.0. The van der Waals surface area contributed by atoms with Crippen LogP contribution in [0, 0.1) is 12.8 Å². The van der Waals surface area contributed by atoms with Gasteiger partial charge in [-0.25, -0.2) is 8.42 Å². The highest BCUT2D eigenvalue weighted by Gasteiger charge is 2.41. The smallest absolute Gasteiger partial charge is 0.228 e. The molecule has 2 unspecified atom stereocenters. The Morgan fingerprint density at radius 3 is 2.47 bits per heavy atom. The third-order valence-corrected chi connectivity index (χ3v) is 7.81. The molecule has 0 aromatic heterocycles. The number of aryl methyl sites for hydroxylation is 1. The minimum atomic E-state index is -3.47. The van der Waals surface area contributed by atoms with Crippen LogP contribution in [0.15, 0.2) is 59.5 Å². The van der Waals surface area contributed by atoms with Crippen molar-refractivity contribution in [3.05, 3.63) is 60.2 Å². The molecule has 0 spiro atoms. The lowest BCUT2D eigenvalue weighted by molar-refractivity contribution is -0.136. The Morgan fingerprint density at radius 2 is 1.77 bits per heavy atom. The second kappa shape index (κ2) is 8.22. The number of sulfone groups is 1. The van der Waals surface area contributed by atoms with E-state index in [1.54, 1.807) is 40.1 Å². The van der Waals surface area contributed by atoms with E-state index in [9.17, 15) is 18.0 Å². The molecule has 2 aromatic rings. The van der Waals surface area contributed by atoms with Crippen LogP contribution in [0.2, 0.25) is 0 Å². The van der Waals surface area contributed by atoms with E-state index in [0.717, 1.165) is 17.7 Å². The third-order valence-electron chi connectivity index (χ3n) is 5.99. The quantitative estimate of drug-likeness (QED) is 0.737. The number of carbonyl (C=O) groups is 2. The van der Waals surface area contributed by atoms with E-state index in [1.807, 2.05) is 31.2 Å². The molecule has 158 valence electrons. The number of rotatable bonds is 5. The Morgan fingerprint density at radius 1 is 1.07 bits per heavy atom. The Labute approximate surface area is 177 Å². The Kier molecular flexibility index (Phi) is 5.64. The number of hydrogen-bond acceptors (Lipinski definition) is 4. The molecule has 2 fully saturated rings. The Hall–Kier alpha value is -2.67. The van der Waals surface area contributed by atoms with Gasteiger partial charge < -0.3 is 9.80 Å². The van der Waals surface area contributed by atoms with Crippen molar-refractivity contribution >= 4 is 27.3 Å². The number of benzene rings is 2. The Bertz CT molecular complexity index is 1030. The number of anilines is 1. The maximum atomic E-state index is 13.2. The van der Waals surface area contributed by atoms with E-state index in [2.05, 4.69) is 0 Å². The van der Waals surface area contributed by atoms with Crippen molar-refractivity contribution in [1.82, 2.24) is 4.90 Å². The van der Waals surface area contributed by atoms with Crippen LogP contribution >= 0.6 is 0 Å². The summed E-state index contributed by atoms with van der Waals surface area (Å²) in [4.78, 5) is 29.4. The van der Waals surface area contributed by atoms with Crippen LogP contribution in [0.3, 0.4) is 0 Å². The van der Waals surface area contributed by atoms with Gasteiger partial charge in [-0.15, -0.1) is 0 Å². The average Bonchev–Trinajstić information content (AvgIpc) is 3.35. The summed E-state index contributed by atoms with van der Waals surface area (Å²) in [7, 11) is -3.47. The van der Waals surface area contributed by atoms with Crippen LogP contribution in [0.5, 0.6) is 0 Å². The van der Waals surface area contributed by atoms with E-state index in [0.29, 0.717) is 19.5 Å². The van der Waals surface area contributed by atoms with E-state index in [4.69, 9.17) is 0 Å². The number of carbonyl (C=O) groups excluding carboxylic acids is 2. The molecule has 2 saturated heterocycles. The molecule has 2 aliphatic heterocycles. The lowest BCUT2D eigenvalue weighted by atomic mass is 10.1. The van der Waals surface area contributed by atoms with Crippen LogP contribution in [-0.2, 0) is 19.4 Å². The van der Waals surface area contributed by atoms with Crippen molar-refractivity contribution in [1.29, 1.82) is 0 Å². The van der Waals surface area contributed by atoms with Gasteiger partial charge >= 0.3 is 0 Å². The third kappa shape index (κ3) is 4.12. The summed E-state index contributed by atoms with van der Waals surface area (Å²) < 4.78 is 25.6. The van der Waals surface area contributed by atoms with E-state index >= 15 is 0 Å². The molecule has 2 heterocycles. The molecule has 0 bridgehead atoms. The maximum absolute atomic E-state index is 13.2. The van der Waals surface area contributed by atoms with E-state index < -0.39 is 15.8 Å². The molecule has 2 amide bonds. The second-order valence-corrected chi connectivity index (χ2v) is 10.2. The summed E-state index contributed by atoms with van der Waals surface area (Å²) >= 11 is 0. The number of likely N-dealkylation sites (tertiary alicyclic amines) is 1. The summed E-state index contributed by atoms with van der Waals surface area (Å²) in [5.74, 6) is -0.683. The van der Waals surface area contributed by atoms with E-state index in [1.165, 1.54) is 0 Å². The molecular weight excluding hydrogens is 400 g/mol. The minimum absolute atomic E-state index is 0.0649. The van der Waals surface area contributed by atoms with Crippen LogP contribution in [0.1, 0.15) is 24.8 Å². The molecular formula is C23H26N2O4S. The van der Waals surface area contributed by atoms with Gasteiger partial charge in [-0.1, -0.05) is 35.9 Å². The fourth-order valence-electron chi connectivity index (χ4n) is 4.36. The van der Waals surface area contributed by atoms with Gasteiger partial charge in [-0.3, -0.25) is 9.59 Å². The topological polar surface area (TPSA) is 74.8 Å². The predicted molar refractivity (Wildman–Crippen MR) is 115 cm³/mol. The monoisotopic (exact) mass is 426 g/mol. The summed E-state index contributed by atoms with van der Waals surface area (Å²) in [5.41, 5.74) is 1.91. The summed E-state index contributed by atoms with van der Waals surface area (Å²) in [6.07, 6.45) is 1.62. The number of nitrogens with zero attached hydrogens (tertiary/aromatic N) is 2. The fraction of sp³-hybridized carbons (Fsp3) is 0.391. The zero-order valence-corrected chi connectivity index (χ0v) is 17.8. The Balaban J connectivity index is 1.46. The molecule has 2 atom stereocenters. The lowest BCUT2D eigenvalue weighted by Gasteiger charge is -2.27. The molecule has 2 aliphatic rings. The normalized spacial score (nSPS) is 22.0. The first-order chi connectivity index (χ1) is 14.3. The van der Waals surface area contributed by atoms with Crippen molar-refractivity contribution in [2.45, 2.75) is 37.1 Å². The lowest BCUT2D eigenvalue weighted by Crippen LogP contribution is -2.43. The van der Waals surface area contributed by atoms with Gasteiger partial charge in [0.25, 0.3) is 0 Å². The second-order valence-electron chi connectivity index (χ2n) is 8.16. The number of hydrogen-bond donors (Lipinski definition) is 0. The molecule has 30 heavy (non-hydrogen) atoms. The van der Waals surface area contributed by atoms with Crippen molar-refractivity contribution in [2.24, 2.45) is 5.92 Å². The largest absolute Gasteiger partial charge is 0.338 e. The van der Waals surface area contributed by atoms with Crippen LogP contribution < -0.4 is 4.90 Å². The summed E-state index contributed by atoms with van der Waals surface area (Å²) in [6, 6.07) is 15.7. The SMILES string of the molecule is Cc1ccc(N2CC(C(=O)N3CCCC3CS(=O)(=O)c3ccccc3)CC2=O)cc1. The first kappa shape index (κ1) is 20.6. The highest BCUT2D eigenvalue weighted by atomic mass is 32.2. The molecule has 6 nitrogen and oxygen atoms in total. The first-order valence-electron chi connectivity index (χ1n) is 10.3. The predicted octanol–water partition coefficient (Wildman–Crippen LogP) is 2.81. The molecule has 0 N–H and O–H groups in total. The van der Waals surface area contributed by atoms with Crippen LogP contribution in [0.4, 0.5) is 5.69 Å². The number of amides is 2. The fourth-order valence-corrected chi connectivity index (χ4v) is 5.98. The summed E-state index contributed by atoms with van der Waals surface area (Å²) in [6.45, 7) is 2.87. The molecule has 7 heteroatoms. The van der Waals surface area contributed by atoms with Gasteiger partial charge in [0.1, 0.15) is 0 Å². The van der Waals surface area contributed by atoms with Crippen LogP contribution in [0.25, 0.3) is 0 Å². The maximum Gasteiger partial charge on any atom is 0.228 e. The van der Waals surface area contributed by atoms with Gasteiger partial charge in [0, 0.05) is 31.2 Å². The van der Waals surface area contributed by atoms with Crippen molar-refractivity contribution in [2.75, 3.05) is 23.7 Å². The van der Waals surface area contributed by atoms with Crippen molar-refractivity contribution < 1.29 is 18.0 Å². The molecule has 4 rings (SSSR count). The molecule has 0 radical (unpaired) electrons. The highest BCUT2D eigenvalue weighted by Crippen LogP contribution is 2.30. The average molecular weight is 427 g/mol. The summed E-state index contributed by atoms with van der Waals surface area (Å²) in [5, 5.41) is 0.